The summed E-state index contributed by atoms with van der Waals surface area (Å²) in [6, 6.07) is 19.6. The molecule has 3 heterocycles. The topological polar surface area (TPSA) is 74.5 Å². The van der Waals surface area contributed by atoms with E-state index >= 15 is 0 Å². The molecule has 1 atom stereocenters. The van der Waals surface area contributed by atoms with Gasteiger partial charge in [0.2, 0.25) is 5.91 Å². The Bertz CT molecular complexity index is 1330. The molecule has 8 nitrogen and oxygen atoms in total. The van der Waals surface area contributed by atoms with Crippen LogP contribution in [0, 0.1) is 0 Å². The number of fused-ring (bicyclic) bond motifs is 1. The molecule has 0 spiro atoms. The van der Waals surface area contributed by atoms with Gasteiger partial charge in [-0.1, -0.05) is 30.3 Å². The van der Waals surface area contributed by atoms with Crippen LogP contribution in [0.5, 0.6) is 17.2 Å². The molecule has 1 fully saturated rings. The maximum Gasteiger partial charge on any atom is 0.223 e. The number of ether oxygens (including phenoxy) is 4. The minimum absolute atomic E-state index is 0.0709. The normalized spacial score (nSPS) is 14.4. The van der Waals surface area contributed by atoms with Crippen LogP contribution in [-0.4, -0.2) is 60.7 Å². The molecule has 4 aromatic rings. The molecule has 1 saturated heterocycles. The van der Waals surface area contributed by atoms with Crippen LogP contribution in [0.2, 0.25) is 0 Å². The molecular formula is C29H31N3O5. The summed E-state index contributed by atoms with van der Waals surface area (Å²) in [4.78, 5) is 20.0. The van der Waals surface area contributed by atoms with E-state index in [4.69, 9.17) is 23.9 Å². The number of amides is 1. The van der Waals surface area contributed by atoms with Gasteiger partial charge in [-0.05, 0) is 35.4 Å². The average molecular weight is 502 g/mol. The monoisotopic (exact) mass is 501 g/mol. The molecule has 1 aliphatic rings. The van der Waals surface area contributed by atoms with Crippen molar-refractivity contribution in [1.82, 2.24) is 14.3 Å². The van der Waals surface area contributed by atoms with Crippen LogP contribution in [-0.2, 0) is 16.1 Å². The fourth-order valence-electron chi connectivity index (χ4n) is 4.65. The SMILES string of the molecule is COc1cc(OC)cc(C(CC(=O)N2CCOCC2)c2cnc3c(OCc4ccccc4)cccn23)c1. The molecule has 2 aromatic heterocycles. The van der Waals surface area contributed by atoms with Crippen molar-refractivity contribution in [3.05, 3.63) is 89.9 Å². The number of hydrogen-bond donors (Lipinski definition) is 0. The number of carbonyl (C=O) groups is 1. The number of hydrogen-bond acceptors (Lipinski definition) is 6. The van der Waals surface area contributed by atoms with Crippen molar-refractivity contribution < 1.29 is 23.7 Å². The second-order valence-corrected chi connectivity index (χ2v) is 8.92. The van der Waals surface area contributed by atoms with E-state index in [1.165, 1.54) is 0 Å². The highest BCUT2D eigenvalue weighted by molar-refractivity contribution is 5.78. The van der Waals surface area contributed by atoms with Gasteiger partial charge in [0.05, 0.1) is 33.1 Å². The summed E-state index contributed by atoms with van der Waals surface area (Å²) in [6.07, 6.45) is 4.06. The first kappa shape index (κ1) is 24.6. The summed E-state index contributed by atoms with van der Waals surface area (Å²) in [5.74, 6) is 1.80. The van der Waals surface area contributed by atoms with Crippen LogP contribution in [0.1, 0.15) is 29.2 Å². The molecule has 0 radical (unpaired) electrons. The third kappa shape index (κ3) is 5.54. The smallest absolute Gasteiger partial charge is 0.223 e. The zero-order chi connectivity index (χ0) is 25.6. The molecule has 1 aliphatic heterocycles. The molecule has 1 unspecified atom stereocenters. The molecule has 37 heavy (non-hydrogen) atoms. The minimum Gasteiger partial charge on any atom is -0.497 e. The number of aromatic nitrogens is 2. The lowest BCUT2D eigenvalue weighted by molar-refractivity contribution is -0.135. The second kappa shape index (κ2) is 11.3. The molecular weight excluding hydrogens is 470 g/mol. The van der Waals surface area contributed by atoms with Crippen LogP contribution in [0.3, 0.4) is 0 Å². The van der Waals surface area contributed by atoms with Crippen molar-refractivity contribution in [2.45, 2.75) is 18.9 Å². The molecule has 192 valence electrons. The molecule has 0 bridgehead atoms. The van der Waals surface area contributed by atoms with E-state index in [-0.39, 0.29) is 18.2 Å². The number of methoxy groups -OCH3 is 2. The quantitative estimate of drug-likeness (QED) is 0.340. The largest absolute Gasteiger partial charge is 0.497 e. The minimum atomic E-state index is -0.279. The highest BCUT2D eigenvalue weighted by Gasteiger charge is 2.27. The Balaban J connectivity index is 1.52. The second-order valence-electron chi connectivity index (χ2n) is 8.92. The van der Waals surface area contributed by atoms with Crippen molar-refractivity contribution >= 4 is 11.6 Å². The van der Waals surface area contributed by atoms with E-state index in [9.17, 15) is 4.79 Å². The number of morpholine rings is 1. The Morgan fingerprint density at radius 3 is 2.43 bits per heavy atom. The van der Waals surface area contributed by atoms with Crippen LogP contribution < -0.4 is 14.2 Å². The fraction of sp³-hybridized carbons (Fsp3) is 0.310. The van der Waals surface area contributed by atoms with Crippen LogP contribution in [0.15, 0.2) is 73.1 Å². The third-order valence-corrected chi connectivity index (χ3v) is 6.64. The van der Waals surface area contributed by atoms with Crippen LogP contribution >= 0.6 is 0 Å². The lowest BCUT2D eigenvalue weighted by Crippen LogP contribution is -2.41. The maximum atomic E-state index is 13.4. The summed E-state index contributed by atoms with van der Waals surface area (Å²) in [5.41, 5.74) is 3.58. The van der Waals surface area contributed by atoms with Crippen molar-refractivity contribution in [1.29, 1.82) is 0 Å². The highest BCUT2D eigenvalue weighted by Crippen LogP contribution is 2.35. The molecule has 8 heteroatoms. The molecule has 0 saturated carbocycles. The van der Waals surface area contributed by atoms with E-state index in [1.807, 2.05) is 82.4 Å². The summed E-state index contributed by atoms with van der Waals surface area (Å²) in [7, 11) is 3.24. The van der Waals surface area contributed by atoms with Gasteiger partial charge in [0.25, 0.3) is 0 Å². The van der Waals surface area contributed by atoms with E-state index < -0.39 is 0 Å². The van der Waals surface area contributed by atoms with Crippen molar-refractivity contribution in [3.8, 4) is 17.2 Å². The predicted molar refractivity (Wildman–Crippen MR) is 139 cm³/mol. The van der Waals surface area contributed by atoms with Gasteiger partial charge in [-0.3, -0.25) is 4.79 Å². The van der Waals surface area contributed by atoms with Gasteiger partial charge in [-0.2, -0.15) is 0 Å². The van der Waals surface area contributed by atoms with Gasteiger partial charge in [0, 0.05) is 43.9 Å². The Hall–Kier alpha value is -4.04. The van der Waals surface area contributed by atoms with Gasteiger partial charge in [0.1, 0.15) is 18.1 Å². The van der Waals surface area contributed by atoms with Crippen molar-refractivity contribution in [2.75, 3.05) is 40.5 Å². The summed E-state index contributed by atoms with van der Waals surface area (Å²) in [5, 5.41) is 0. The first-order valence-electron chi connectivity index (χ1n) is 12.4. The Kier molecular flexibility index (Phi) is 7.56. The number of nitrogens with zero attached hydrogens (tertiary/aromatic N) is 3. The van der Waals surface area contributed by atoms with Gasteiger partial charge < -0.3 is 28.2 Å². The summed E-state index contributed by atoms with van der Waals surface area (Å²) in [6.45, 7) is 2.74. The Morgan fingerprint density at radius 2 is 1.73 bits per heavy atom. The molecule has 2 aromatic carbocycles. The standard InChI is InChI=1S/C29H31N3O5/c1-34-23-15-22(16-24(17-23)35-2)25(18-28(33)31-11-13-36-14-12-31)26-19-30-29-27(9-6-10-32(26)29)37-20-21-7-4-3-5-8-21/h3-10,15-17,19,25H,11-14,18,20H2,1-2H3. The maximum absolute atomic E-state index is 13.4. The van der Waals surface area contributed by atoms with Gasteiger partial charge in [-0.15, -0.1) is 0 Å². The summed E-state index contributed by atoms with van der Waals surface area (Å²) >= 11 is 0. The fourth-order valence-corrected chi connectivity index (χ4v) is 4.65. The van der Waals surface area contributed by atoms with Gasteiger partial charge >= 0.3 is 0 Å². The van der Waals surface area contributed by atoms with Crippen molar-refractivity contribution in [3.63, 3.8) is 0 Å². The summed E-state index contributed by atoms with van der Waals surface area (Å²) < 4.78 is 24.7. The highest BCUT2D eigenvalue weighted by atomic mass is 16.5. The first-order chi connectivity index (χ1) is 18.2. The Morgan fingerprint density at radius 1 is 1.00 bits per heavy atom. The third-order valence-electron chi connectivity index (χ3n) is 6.64. The zero-order valence-corrected chi connectivity index (χ0v) is 21.1. The first-order valence-corrected chi connectivity index (χ1v) is 12.4. The number of pyridine rings is 1. The molecule has 0 N–H and O–H groups in total. The number of imidazole rings is 1. The average Bonchev–Trinajstić information content (AvgIpc) is 3.40. The van der Waals surface area contributed by atoms with E-state index in [2.05, 4.69) is 0 Å². The van der Waals surface area contributed by atoms with Crippen LogP contribution in [0.25, 0.3) is 5.65 Å². The van der Waals surface area contributed by atoms with E-state index in [0.717, 1.165) is 16.8 Å². The lowest BCUT2D eigenvalue weighted by atomic mass is 9.91. The zero-order valence-electron chi connectivity index (χ0n) is 21.1. The molecule has 5 rings (SSSR count). The number of rotatable bonds is 9. The lowest BCUT2D eigenvalue weighted by Gasteiger charge is -2.29. The number of carbonyl (C=O) groups excluding carboxylic acids is 1. The van der Waals surface area contributed by atoms with E-state index in [0.29, 0.717) is 55.8 Å². The predicted octanol–water partition coefficient (Wildman–Crippen LogP) is 4.31. The van der Waals surface area contributed by atoms with Gasteiger partial charge in [-0.25, -0.2) is 4.98 Å². The molecule has 1 amide bonds. The van der Waals surface area contributed by atoms with E-state index in [1.54, 1.807) is 14.2 Å². The van der Waals surface area contributed by atoms with Crippen molar-refractivity contribution in [2.24, 2.45) is 0 Å². The van der Waals surface area contributed by atoms with Gasteiger partial charge in [0.15, 0.2) is 11.4 Å². The Labute approximate surface area is 216 Å². The van der Waals surface area contributed by atoms with Crippen LogP contribution in [0.4, 0.5) is 0 Å². The molecule has 0 aliphatic carbocycles. The number of benzene rings is 2.